The molecule has 2 aliphatic carbocycles. The number of nitriles is 1. The van der Waals surface area contributed by atoms with Crippen LogP contribution >= 0.6 is 0 Å². The lowest BCUT2D eigenvalue weighted by Gasteiger charge is -2.37. The van der Waals surface area contributed by atoms with Crippen LogP contribution in [-0.4, -0.2) is 28.5 Å². The molecule has 8 heteroatoms. The second-order valence-electron chi connectivity index (χ2n) is 10.0. The summed E-state index contributed by atoms with van der Waals surface area (Å²) in [5, 5.41) is 26.3. The standard InChI is InChI=1S/C28H29F2N3O3/c29-25(30)24(34)19-6-4-18(5-7-19)20-8-9-21-14-22(36-23(21)15-20)16-32-28(10-2-1-3-11-28)26(35)33-27(17-31)12-13-27/h4-9,14-15,24-25,32,34H,1-3,10-13,16H2,(H,33,35). The van der Waals surface area contributed by atoms with Crippen molar-refractivity contribution in [3.63, 3.8) is 0 Å². The monoisotopic (exact) mass is 493 g/mol. The average Bonchev–Trinajstić information content (AvgIpc) is 3.55. The number of aliphatic hydroxyl groups is 1. The molecule has 3 aromatic rings. The van der Waals surface area contributed by atoms with Gasteiger partial charge in [0.05, 0.1) is 18.2 Å². The molecular formula is C28H29F2N3O3. The number of halogens is 2. The van der Waals surface area contributed by atoms with E-state index in [1.54, 1.807) is 12.1 Å². The van der Waals surface area contributed by atoms with E-state index in [1.165, 1.54) is 12.1 Å². The molecule has 0 aliphatic heterocycles. The molecule has 188 valence electrons. The first-order valence-electron chi connectivity index (χ1n) is 12.4. The van der Waals surface area contributed by atoms with Crippen LogP contribution in [0.3, 0.4) is 0 Å². The number of rotatable bonds is 8. The fourth-order valence-corrected chi connectivity index (χ4v) is 4.99. The van der Waals surface area contributed by atoms with Gasteiger partial charge in [-0.25, -0.2) is 8.78 Å². The summed E-state index contributed by atoms with van der Waals surface area (Å²) >= 11 is 0. The van der Waals surface area contributed by atoms with Crippen molar-refractivity contribution in [3.05, 3.63) is 59.9 Å². The molecular weight excluding hydrogens is 464 g/mol. The zero-order chi connectivity index (χ0) is 25.3. The van der Waals surface area contributed by atoms with Gasteiger partial charge in [0.2, 0.25) is 5.91 Å². The summed E-state index contributed by atoms with van der Waals surface area (Å²) in [6.45, 7) is 0.386. The van der Waals surface area contributed by atoms with Gasteiger partial charge in [-0.3, -0.25) is 10.1 Å². The van der Waals surface area contributed by atoms with Crippen molar-refractivity contribution in [2.45, 2.75) is 75.1 Å². The number of benzene rings is 2. The van der Waals surface area contributed by atoms with E-state index in [2.05, 4.69) is 16.7 Å². The highest BCUT2D eigenvalue weighted by Crippen LogP contribution is 2.37. The Labute approximate surface area is 208 Å². The maximum Gasteiger partial charge on any atom is 0.268 e. The van der Waals surface area contributed by atoms with Crippen molar-refractivity contribution < 1.29 is 23.1 Å². The molecule has 2 aromatic carbocycles. The molecule has 2 saturated carbocycles. The fraction of sp³-hybridized carbons (Fsp3) is 0.429. The lowest BCUT2D eigenvalue weighted by Crippen LogP contribution is -2.59. The normalized spacial score (nSPS) is 19.1. The minimum absolute atomic E-state index is 0.0972. The number of furan rings is 1. The minimum atomic E-state index is -2.83. The smallest absolute Gasteiger partial charge is 0.268 e. The summed E-state index contributed by atoms with van der Waals surface area (Å²) in [7, 11) is 0. The Morgan fingerprint density at radius 3 is 2.36 bits per heavy atom. The second kappa shape index (κ2) is 9.64. The van der Waals surface area contributed by atoms with Gasteiger partial charge in [0.15, 0.2) is 0 Å². The predicted molar refractivity (Wildman–Crippen MR) is 131 cm³/mol. The molecule has 5 rings (SSSR count). The van der Waals surface area contributed by atoms with E-state index >= 15 is 0 Å². The van der Waals surface area contributed by atoms with E-state index in [9.17, 15) is 23.9 Å². The molecule has 0 bridgehead atoms. The van der Waals surface area contributed by atoms with Crippen molar-refractivity contribution >= 4 is 16.9 Å². The van der Waals surface area contributed by atoms with Crippen LogP contribution in [0.25, 0.3) is 22.1 Å². The number of nitrogens with one attached hydrogen (secondary N) is 2. The molecule has 36 heavy (non-hydrogen) atoms. The number of hydrogen-bond acceptors (Lipinski definition) is 5. The summed E-state index contributed by atoms with van der Waals surface area (Å²) < 4.78 is 31.6. The van der Waals surface area contributed by atoms with Crippen LogP contribution in [0.1, 0.15) is 62.4 Å². The number of carbonyl (C=O) groups excluding carboxylic acids is 1. The average molecular weight is 494 g/mol. The number of fused-ring (bicyclic) bond motifs is 1. The molecule has 1 unspecified atom stereocenters. The Bertz CT molecular complexity index is 1290. The quantitative estimate of drug-likeness (QED) is 0.392. The maximum atomic E-state index is 13.2. The van der Waals surface area contributed by atoms with Gasteiger partial charge in [-0.15, -0.1) is 0 Å². The van der Waals surface area contributed by atoms with Crippen LogP contribution in [0.5, 0.6) is 0 Å². The minimum Gasteiger partial charge on any atom is -0.460 e. The van der Waals surface area contributed by atoms with Crippen molar-refractivity contribution in [2.75, 3.05) is 0 Å². The Hall–Kier alpha value is -3.28. The summed E-state index contributed by atoms with van der Waals surface area (Å²) in [6, 6.07) is 16.3. The molecule has 2 fully saturated rings. The van der Waals surface area contributed by atoms with E-state index in [1.807, 2.05) is 24.3 Å². The number of amides is 1. The first kappa shape index (κ1) is 24.4. The van der Waals surface area contributed by atoms with Gasteiger partial charge in [0.25, 0.3) is 6.43 Å². The molecule has 0 spiro atoms. The van der Waals surface area contributed by atoms with Crippen LogP contribution in [0.4, 0.5) is 8.78 Å². The molecule has 1 atom stereocenters. The van der Waals surface area contributed by atoms with Crippen LogP contribution < -0.4 is 10.6 Å². The summed E-state index contributed by atoms with van der Waals surface area (Å²) in [4.78, 5) is 13.2. The Kier molecular flexibility index (Phi) is 6.54. The highest BCUT2D eigenvalue weighted by atomic mass is 19.3. The van der Waals surface area contributed by atoms with Gasteiger partial charge in [0, 0.05) is 5.39 Å². The molecule has 2 aliphatic rings. The highest BCUT2D eigenvalue weighted by Gasteiger charge is 2.49. The molecule has 0 radical (unpaired) electrons. The Balaban J connectivity index is 1.31. The van der Waals surface area contributed by atoms with E-state index in [4.69, 9.17) is 4.42 Å². The largest absolute Gasteiger partial charge is 0.460 e. The van der Waals surface area contributed by atoms with Gasteiger partial charge in [0.1, 0.15) is 23.0 Å². The Morgan fingerprint density at radius 1 is 1.03 bits per heavy atom. The number of aliphatic hydroxyl groups excluding tert-OH is 1. The molecule has 1 aromatic heterocycles. The fourth-order valence-electron chi connectivity index (χ4n) is 4.99. The molecule has 1 amide bonds. The molecule has 0 saturated heterocycles. The molecule has 3 N–H and O–H groups in total. The predicted octanol–water partition coefficient (Wildman–Crippen LogP) is 5.36. The van der Waals surface area contributed by atoms with Crippen LogP contribution in [0, 0.1) is 11.3 Å². The van der Waals surface area contributed by atoms with Crippen molar-refractivity contribution in [1.29, 1.82) is 5.26 Å². The maximum absolute atomic E-state index is 13.2. The number of carbonyl (C=O) groups is 1. The summed E-state index contributed by atoms with van der Waals surface area (Å²) in [5.74, 6) is 0.608. The molecule has 6 nitrogen and oxygen atoms in total. The van der Waals surface area contributed by atoms with Crippen LogP contribution in [-0.2, 0) is 11.3 Å². The Morgan fingerprint density at radius 2 is 1.72 bits per heavy atom. The first-order chi connectivity index (χ1) is 17.3. The topological polar surface area (TPSA) is 98.3 Å². The van der Waals surface area contributed by atoms with Crippen LogP contribution in [0.15, 0.2) is 52.9 Å². The third kappa shape index (κ3) is 4.86. The van der Waals surface area contributed by atoms with Gasteiger partial charge in [-0.05, 0) is 54.5 Å². The number of alkyl halides is 2. The van der Waals surface area contributed by atoms with Crippen LogP contribution in [0.2, 0.25) is 0 Å². The van der Waals surface area contributed by atoms with Crippen molar-refractivity contribution in [1.82, 2.24) is 10.6 Å². The van der Waals surface area contributed by atoms with E-state index in [0.717, 1.165) is 48.6 Å². The van der Waals surface area contributed by atoms with Gasteiger partial charge < -0.3 is 14.8 Å². The van der Waals surface area contributed by atoms with E-state index in [-0.39, 0.29) is 11.5 Å². The number of nitrogens with zero attached hydrogens (tertiary/aromatic N) is 1. The van der Waals surface area contributed by atoms with Gasteiger partial charge >= 0.3 is 0 Å². The zero-order valence-electron chi connectivity index (χ0n) is 19.9. The summed E-state index contributed by atoms with van der Waals surface area (Å²) in [5.41, 5.74) is 1.13. The van der Waals surface area contributed by atoms with Crippen molar-refractivity contribution in [2.24, 2.45) is 0 Å². The van der Waals surface area contributed by atoms with Crippen molar-refractivity contribution in [3.8, 4) is 17.2 Å². The number of hydrogen-bond donors (Lipinski definition) is 3. The van der Waals surface area contributed by atoms with Gasteiger partial charge in [-0.1, -0.05) is 55.7 Å². The second-order valence-corrected chi connectivity index (χ2v) is 10.0. The van der Waals surface area contributed by atoms with E-state index < -0.39 is 23.6 Å². The first-order valence-corrected chi connectivity index (χ1v) is 12.4. The lowest BCUT2D eigenvalue weighted by molar-refractivity contribution is -0.129. The third-order valence-corrected chi connectivity index (χ3v) is 7.45. The highest BCUT2D eigenvalue weighted by molar-refractivity contribution is 5.88. The molecule has 1 heterocycles. The lowest BCUT2D eigenvalue weighted by atomic mass is 9.80. The SMILES string of the molecule is N#CC1(NC(=O)C2(NCc3cc4ccc(-c5ccc(C(O)C(F)F)cc5)cc4o3)CCCCC2)CC1. The third-order valence-electron chi connectivity index (χ3n) is 7.45. The summed E-state index contributed by atoms with van der Waals surface area (Å²) in [6.07, 6.45) is 1.22. The van der Waals surface area contributed by atoms with E-state index in [0.29, 0.717) is 30.7 Å². The van der Waals surface area contributed by atoms with Gasteiger partial charge in [-0.2, -0.15) is 5.26 Å². The zero-order valence-corrected chi connectivity index (χ0v) is 19.9.